The summed E-state index contributed by atoms with van der Waals surface area (Å²) in [6, 6.07) is 35.5. The molecule has 0 saturated carbocycles. The van der Waals surface area contributed by atoms with Crippen molar-refractivity contribution in [3.8, 4) is 5.75 Å². The number of nitrogens with zero attached hydrogens (tertiary/aromatic N) is 3. The summed E-state index contributed by atoms with van der Waals surface area (Å²) in [5.41, 5.74) is 8.60. The van der Waals surface area contributed by atoms with Crippen LogP contribution in [0.25, 0.3) is 0 Å². The predicted octanol–water partition coefficient (Wildman–Crippen LogP) is 8.98. The first kappa shape index (κ1) is 31.0. The smallest absolute Gasteiger partial charge is 0.126 e. The van der Waals surface area contributed by atoms with Crippen LogP contribution < -0.4 is 19.4 Å². The van der Waals surface area contributed by atoms with Crippen molar-refractivity contribution in [2.75, 3.05) is 54.0 Å². The van der Waals surface area contributed by atoms with Gasteiger partial charge in [-0.3, -0.25) is 0 Å². The van der Waals surface area contributed by atoms with Crippen molar-refractivity contribution >= 4 is 17.1 Å². The Kier molecular flexibility index (Phi) is 11.3. The largest absolute Gasteiger partial charge is 0.489 e. The summed E-state index contributed by atoms with van der Waals surface area (Å²) in [7, 11) is 0. The van der Waals surface area contributed by atoms with Crippen molar-refractivity contribution in [3.63, 3.8) is 0 Å². The van der Waals surface area contributed by atoms with Gasteiger partial charge in [0.05, 0.1) is 0 Å². The van der Waals surface area contributed by atoms with E-state index in [1.807, 2.05) is 0 Å². The second kappa shape index (κ2) is 15.3. The minimum Gasteiger partial charge on any atom is -0.489 e. The first-order valence-electron chi connectivity index (χ1n) is 15.8. The summed E-state index contributed by atoms with van der Waals surface area (Å²) in [5, 5.41) is 0. The Labute approximate surface area is 254 Å². The number of rotatable bonds is 15. The lowest BCUT2D eigenvalue weighted by Crippen LogP contribution is -2.22. The average Bonchev–Trinajstić information content (AvgIpc) is 3.04. The molecule has 0 fully saturated rings. The fourth-order valence-corrected chi connectivity index (χ4v) is 5.89. The molecular weight excluding hydrogens is 514 g/mol. The SMILES string of the molecule is CCN(CC)c1ccc(C(c2ccc(N(CC)CC)cc2)c2ccc(N(CC)CC)cc2OCc2ccccc2)cc1. The molecule has 0 N–H and O–H groups in total. The standard InChI is InChI=1S/C38H49N3O/c1-7-39(8-2)33-22-18-31(19-23-33)38(32-20-24-34(25-21-32)40(9-3)10-4)36-27-26-35(41(11-5)12-6)28-37(36)42-29-30-16-14-13-15-17-30/h13-28,38H,7-12,29H2,1-6H3. The molecule has 0 aliphatic heterocycles. The minimum atomic E-state index is 0.0398. The van der Waals surface area contributed by atoms with Gasteiger partial charge in [0.25, 0.3) is 0 Å². The quantitative estimate of drug-likeness (QED) is 0.134. The highest BCUT2D eigenvalue weighted by molar-refractivity contribution is 5.60. The van der Waals surface area contributed by atoms with E-state index in [1.165, 1.54) is 39.3 Å². The maximum Gasteiger partial charge on any atom is 0.126 e. The minimum absolute atomic E-state index is 0.0398. The molecular formula is C38H49N3O. The molecule has 0 amide bonds. The molecule has 4 aromatic rings. The first-order valence-corrected chi connectivity index (χ1v) is 15.8. The van der Waals surface area contributed by atoms with Crippen LogP contribution in [0.4, 0.5) is 17.1 Å². The summed E-state index contributed by atoms with van der Waals surface area (Å²) in [6.07, 6.45) is 0. The molecule has 222 valence electrons. The molecule has 0 saturated heterocycles. The Morgan fingerprint density at radius 3 is 1.38 bits per heavy atom. The molecule has 0 heterocycles. The highest BCUT2D eigenvalue weighted by Gasteiger charge is 2.23. The van der Waals surface area contributed by atoms with Crippen molar-refractivity contribution in [3.05, 3.63) is 119 Å². The zero-order chi connectivity index (χ0) is 29.9. The third kappa shape index (κ3) is 7.28. The molecule has 4 rings (SSSR count). The van der Waals surface area contributed by atoms with E-state index in [0.29, 0.717) is 6.61 Å². The molecule has 0 radical (unpaired) electrons. The van der Waals surface area contributed by atoms with Gasteiger partial charge in [-0.25, -0.2) is 0 Å². The molecule has 4 aromatic carbocycles. The molecule has 4 heteroatoms. The third-order valence-corrected chi connectivity index (χ3v) is 8.38. The van der Waals surface area contributed by atoms with Crippen LogP contribution in [0.1, 0.15) is 69.7 Å². The van der Waals surface area contributed by atoms with E-state index in [1.54, 1.807) is 0 Å². The van der Waals surface area contributed by atoms with E-state index in [9.17, 15) is 0 Å². The maximum atomic E-state index is 6.68. The van der Waals surface area contributed by atoms with Crippen LogP contribution in [0.5, 0.6) is 5.75 Å². The van der Waals surface area contributed by atoms with E-state index in [-0.39, 0.29) is 5.92 Å². The topological polar surface area (TPSA) is 19.0 Å². The van der Waals surface area contributed by atoms with E-state index in [0.717, 1.165) is 45.0 Å². The number of hydrogen-bond acceptors (Lipinski definition) is 4. The van der Waals surface area contributed by atoms with Crippen LogP contribution in [-0.2, 0) is 6.61 Å². The van der Waals surface area contributed by atoms with E-state index in [2.05, 4.69) is 153 Å². The molecule has 0 aromatic heterocycles. The molecule has 0 atom stereocenters. The van der Waals surface area contributed by atoms with Gasteiger partial charge in [0, 0.05) is 73.9 Å². The second-order valence-corrected chi connectivity index (χ2v) is 10.6. The van der Waals surface area contributed by atoms with Crippen LogP contribution in [0.15, 0.2) is 97.1 Å². The summed E-state index contributed by atoms with van der Waals surface area (Å²) in [5.74, 6) is 0.979. The fourth-order valence-electron chi connectivity index (χ4n) is 5.89. The van der Waals surface area contributed by atoms with Crippen LogP contribution in [-0.4, -0.2) is 39.3 Å². The van der Waals surface area contributed by atoms with Crippen molar-refractivity contribution < 1.29 is 4.74 Å². The van der Waals surface area contributed by atoms with E-state index >= 15 is 0 Å². The maximum absolute atomic E-state index is 6.68. The van der Waals surface area contributed by atoms with Crippen LogP contribution in [0.3, 0.4) is 0 Å². The monoisotopic (exact) mass is 563 g/mol. The molecule has 4 nitrogen and oxygen atoms in total. The van der Waals surface area contributed by atoms with E-state index in [4.69, 9.17) is 4.74 Å². The van der Waals surface area contributed by atoms with Gasteiger partial charge in [0.1, 0.15) is 12.4 Å². The Morgan fingerprint density at radius 1 is 0.500 bits per heavy atom. The molecule has 42 heavy (non-hydrogen) atoms. The van der Waals surface area contributed by atoms with Gasteiger partial charge in [0.2, 0.25) is 0 Å². The van der Waals surface area contributed by atoms with Gasteiger partial charge >= 0.3 is 0 Å². The van der Waals surface area contributed by atoms with Gasteiger partial charge in [-0.15, -0.1) is 0 Å². The van der Waals surface area contributed by atoms with Gasteiger partial charge in [-0.2, -0.15) is 0 Å². The number of benzene rings is 4. The highest BCUT2D eigenvalue weighted by atomic mass is 16.5. The molecule has 0 aliphatic carbocycles. The summed E-state index contributed by atoms with van der Waals surface area (Å²) >= 11 is 0. The van der Waals surface area contributed by atoms with Gasteiger partial charge in [-0.05, 0) is 88.6 Å². The number of ether oxygens (including phenoxy) is 1. The fraction of sp³-hybridized carbons (Fsp3) is 0.368. The lowest BCUT2D eigenvalue weighted by Gasteiger charge is -2.27. The van der Waals surface area contributed by atoms with Crippen LogP contribution in [0, 0.1) is 0 Å². The lowest BCUT2D eigenvalue weighted by atomic mass is 9.84. The average molecular weight is 564 g/mol. The van der Waals surface area contributed by atoms with Crippen molar-refractivity contribution in [1.82, 2.24) is 0 Å². The van der Waals surface area contributed by atoms with Crippen molar-refractivity contribution in [1.29, 1.82) is 0 Å². The predicted molar refractivity (Wildman–Crippen MR) is 182 cm³/mol. The normalized spacial score (nSPS) is 11.0. The zero-order valence-corrected chi connectivity index (χ0v) is 26.5. The Hall–Kier alpha value is -3.92. The van der Waals surface area contributed by atoms with Gasteiger partial charge < -0.3 is 19.4 Å². The summed E-state index contributed by atoms with van der Waals surface area (Å²) in [4.78, 5) is 7.17. The molecule has 0 bridgehead atoms. The Morgan fingerprint density at radius 2 is 0.929 bits per heavy atom. The number of anilines is 3. The van der Waals surface area contributed by atoms with Crippen molar-refractivity contribution in [2.45, 2.75) is 54.1 Å². The van der Waals surface area contributed by atoms with Crippen LogP contribution in [0.2, 0.25) is 0 Å². The van der Waals surface area contributed by atoms with Gasteiger partial charge in [0.15, 0.2) is 0 Å². The van der Waals surface area contributed by atoms with Crippen LogP contribution >= 0.6 is 0 Å². The lowest BCUT2D eigenvalue weighted by molar-refractivity contribution is 0.302. The summed E-state index contributed by atoms with van der Waals surface area (Å²) < 4.78 is 6.68. The second-order valence-electron chi connectivity index (χ2n) is 10.6. The van der Waals surface area contributed by atoms with Crippen molar-refractivity contribution in [2.24, 2.45) is 0 Å². The molecule has 0 unspecified atom stereocenters. The Balaban J connectivity index is 1.83. The molecule has 0 spiro atoms. The summed E-state index contributed by atoms with van der Waals surface area (Å²) in [6.45, 7) is 19.7. The zero-order valence-electron chi connectivity index (χ0n) is 26.5. The Bertz CT molecular complexity index is 1280. The van der Waals surface area contributed by atoms with E-state index < -0.39 is 0 Å². The third-order valence-electron chi connectivity index (χ3n) is 8.38. The molecule has 0 aliphatic rings. The number of hydrogen-bond donors (Lipinski definition) is 0. The first-order chi connectivity index (χ1) is 20.6. The van der Waals surface area contributed by atoms with Gasteiger partial charge in [-0.1, -0.05) is 60.7 Å². The highest BCUT2D eigenvalue weighted by Crippen LogP contribution is 2.40.